The van der Waals surface area contributed by atoms with E-state index in [0.29, 0.717) is 25.1 Å². The second-order valence-electron chi connectivity index (χ2n) is 9.30. The molecule has 1 aromatic rings. The topological polar surface area (TPSA) is 73.3 Å². The minimum atomic E-state index is -0.286. The van der Waals surface area contributed by atoms with Crippen LogP contribution in [0.1, 0.15) is 44.9 Å². The first kappa shape index (κ1) is 19.7. The average Bonchev–Trinajstić information content (AvgIpc) is 3.33. The van der Waals surface area contributed by atoms with Gasteiger partial charge < -0.3 is 19.6 Å². The lowest BCUT2D eigenvalue weighted by atomic mass is 9.78. The van der Waals surface area contributed by atoms with Crippen molar-refractivity contribution < 1.29 is 19.4 Å². The predicted molar refractivity (Wildman–Crippen MR) is 114 cm³/mol. The Morgan fingerprint density at radius 3 is 2.37 bits per heavy atom. The summed E-state index contributed by atoms with van der Waals surface area (Å²) in [6.45, 7) is 3.60. The van der Waals surface area contributed by atoms with Crippen molar-refractivity contribution in [2.75, 3.05) is 42.6 Å². The van der Waals surface area contributed by atoms with Gasteiger partial charge in [-0.05, 0) is 69.2 Å². The number of rotatable bonds is 3. The molecule has 30 heavy (non-hydrogen) atoms. The highest BCUT2D eigenvalue weighted by Gasteiger charge is 2.50. The average molecular weight is 414 g/mol. The Bertz CT molecular complexity index is 805. The van der Waals surface area contributed by atoms with Crippen LogP contribution in [0.4, 0.5) is 16.2 Å². The lowest BCUT2D eigenvalue weighted by molar-refractivity contribution is -0.139. The van der Waals surface area contributed by atoms with Crippen molar-refractivity contribution in [1.29, 1.82) is 0 Å². The van der Waals surface area contributed by atoms with Gasteiger partial charge in [-0.15, -0.1) is 0 Å². The number of likely N-dealkylation sites (tertiary alicyclic amines) is 1. The molecule has 7 nitrogen and oxygen atoms in total. The molecule has 5 rings (SSSR count). The van der Waals surface area contributed by atoms with Crippen molar-refractivity contribution >= 4 is 23.4 Å². The molecule has 7 heteroatoms. The molecule has 3 heterocycles. The van der Waals surface area contributed by atoms with Gasteiger partial charge in [0.15, 0.2) is 0 Å². The summed E-state index contributed by atoms with van der Waals surface area (Å²) in [7, 11) is 0. The fraction of sp³-hybridized carbons (Fsp3) is 0.652. The van der Waals surface area contributed by atoms with Crippen molar-refractivity contribution in [1.82, 2.24) is 4.90 Å². The predicted octanol–water partition coefficient (Wildman–Crippen LogP) is 2.77. The largest absolute Gasteiger partial charge is 0.447 e. The van der Waals surface area contributed by atoms with Gasteiger partial charge in [0.1, 0.15) is 6.61 Å². The second-order valence-corrected chi connectivity index (χ2v) is 9.30. The molecule has 1 spiro atoms. The van der Waals surface area contributed by atoms with Crippen LogP contribution in [0.3, 0.4) is 0 Å². The first-order valence-electron chi connectivity index (χ1n) is 11.3. The van der Waals surface area contributed by atoms with E-state index in [2.05, 4.69) is 21.9 Å². The van der Waals surface area contributed by atoms with Crippen LogP contribution in [0.2, 0.25) is 0 Å². The number of nitrogens with zero attached hydrogens (tertiary/aromatic N) is 3. The highest BCUT2D eigenvalue weighted by atomic mass is 16.6. The van der Waals surface area contributed by atoms with E-state index in [9.17, 15) is 14.7 Å². The number of carbonyl (C=O) groups excluding carboxylic acids is 2. The maximum absolute atomic E-state index is 13.5. The van der Waals surface area contributed by atoms with Crippen LogP contribution in [0.15, 0.2) is 24.3 Å². The normalized spacial score (nSPS) is 32.2. The summed E-state index contributed by atoms with van der Waals surface area (Å²) >= 11 is 0. The summed E-state index contributed by atoms with van der Waals surface area (Å²) in [6, 6.07) is 8.35. The number of amides is 2. The van der Waals surface area contributed by atoms with Gasteiger partial charge in [-0.3, -0.25) is 9.69 Å². The number of anilines is 2. The van der Waals surface area contributed by atoms with E-state index >= 15 is 0 Å². The molecule has 0 aromatic heterocycles. The van der Waals surface area contributed by atoms with Crippen LogP contribution >= 0.6 is 0 Å². The summed E-state index contributed by atoms with van der Waals surface area (Å²) < 4.78 is 5.03. The maximum atomic E-state index is 13.5. The summed E-state index contributed by atoms with van der Waals surface area (Å²) in [5, 5.41) is 9.80. The molecule has 3 saturated heterocycles. The van der Waals surface area contributed by atoms with Crippen molar-refractivity contribution in [3.8, 4) is 0 Å². The van der Waals surface area contributed by atoms with Crippen molar-refractivity contribution in [2.45, 2.75) is 57.1 Å². The summed E-state index contributed by atoms with van der Waals surface area (Å²) in [4.78, 5) is 31.4. The third-order valence-corrected chi connectivity index (χ3v) is 7.52. The number of ether oxygens (including phenoxy) is 1. The number of hydrogen-bond acceptors (Lipinski definition) is 5. The van der Waals surface area contributed by atoms with E-state index in [1.807, 2.05) is 12.1 Å². The van der Waals surface area contributed by atoms with Gasteiger partial charge in [-0.1, -0.05) is 0 Å². The Kier molecular flexibility index (Phi) is 5.09. The summed E-state index contributed by atoms with van der Waals surface area (Å²) in [5.41, 5.74) is 1.69. The molecular weight excluding hydrogens is 382 g/mol. The quantitative estimate of drug-likeness (QED) is 0.825. The Hall–Kier alpha value is -2.28. The van der Waals surface area contributed by atoms with Crippen molar-refractivity contribution in [3.05, 3.63) is 24.3 Å². The van der Waals surface area contributed by atoms with Crippen LogP contribution in [0, 0.1) is 5.41 Å². The number of carbonyl (C=O) groups is 2. The molecule has 1 N–H and O–H groups in total. The van der Waals surface area contributed by atoms with Gasteiger partial charge in [0, 0.05) is 37.1 Å². The fourth-order valence-corrected chi connectivity index (χ4v) is 5.77. The number of benzene rings is 1. The van der Waals surface area contributed by atoms with Gasteiger partial charge >= 0.3 is 6.09 Å². The molecule has 3 aliphatic heterocycles. The van der Waals surface area contributed by atoms with Crippen LogP contribution < -0.4 is 9.80 Å². The highest BCUT2D eigenvalue weighted by molar-refractivity contribution is 5.89. The molecule has 1 atom stereocenters. The zero-order valence-electron chi connectivity index (χ0n) is 17.5. The van der Waals surface area contributed by atoms with Gasteiger partial charge in [-0.2, -0.15) is 0 Å². The van der Waals surface area contributed by atoms with Crippen molar-refractivity contribution in [3.63, 3.8) is 0 Å². The minimum Gasteiger partial charge on any atom is -0.447 e. The third kappa shape index (κ3) is 3.43. The lowest BCUT2D eigenvalue weighted by Crippen LogP contribution is -2.50. The van der Waals surface area contributed by atoms with E-state index < -0.39 is 0 Å². The first-order valence-corrected chi connectivity index (χ1v) is 11.3. The molecular formula is C23H31N3O4. The molecule has 162 valence electrons. The molecule has 0 radical (unpaired) electrons. The SMILES string of the molecule is O=C1OCCN1c1ccc(N2CCC[C@@]3(CCN([C@H]4CC[C@H](O)CC4)C3=O)C2)cc1. The van der Waals surface area contributed by atoms with Crippen LogP contribution in [0.25, 0.3) is 0 Å². The van der Waals surface area contributed by atoms with Crippen LogP contribution in [-0.2, 0) is 9.53 Å². The minimum absolute atomic E-state index is 0.191. The number of piperidine rings is 1. The van der Waals surface area contributed by atoms with E-state index in [1.54, 1.807) is 4.90 Å². The Morgan fingerprint density at radius 1 is 0.933 bits per heavy atom. The van der Waals surface area contributed by atoms with Gasteiger partial charge in [0.25, 0.3) is 0 Å². The van der Waals surface area contributed by atoms with E-state index in [1.165, 1.54) is 0 Å². The van der Waals surface area contributed by atoms with Gasteiger partial charge in [-0.25, -0.2) is 4.79 Å². The zero-order chi connectivity index (χ0) is 20.7. The standard InChI is InChI=1S/C23H31N3O4/c27-20-8-6-18(7-9-20)25-13-11-23(21(25)28)10-1-12-24(16-23)17-2-4-19(5-3-17)26-14-15-30-22(26)29/h2-5,18,20,27H,1,6-16H2/t18-,20-,23-/m1/s1. The Morgan fingerprint density at radius 2 is 1.67 bits per heavy atom. The number of hydrogen-bond donors (Lipinski definition) is 1. The number of aliphatic hydroxyl groups excluding tert-OH is 1. The number of cyclic esters (lactones) is 1. The Balaban J connectivity index is 1.28. The monoisotopic (exact) mass is 413 g/mol. The van der Waals surface area contributed by atoms with Crippen molar-refractivity contribution in [2.24, 2.45) is 5.41 Å². The van der Waals surface area contributed by atoms with E-state index in [0.717, 1.165) is 76.0 Å². The molecule has 4 fully saturated rings. The van der Waals surface area contributed by atoms with Gasteiger partial charge in [0.05, 0.1) is 18.1 Å². The summed E-state index contributed by atoms with van der Waals surface area (Å²) in [6.07, 6.45) is 5.90. The zero-order valence-corrected chi connectivity index (χ0v) is 17.5. The molecule has 1 aromatic carbocycles. The first-order chi connectivity index (χ1) is 14.6. The molecule has 1 aliphatic carbocycles. The maximum Gasteiger partial charge on any atom is 0.414 e. The molecule has 4 aliphatic rings. The molecule has 0 unspecified atom stereocenters. The van der Waals surface area contributed by atoms with Crippen LogP contribution in [0.5, 0.6) is 0 Å². The molecule has 2 amide bonds. The smallest absolute Gasteiger partial charge is 0.414 e. The molecule has 1 saturated carbocycles. The fourth-order valence-electron chi connectivity index (χ4n) is 5.77. The Labute approximate surface area is 177 Å². The third-order valence-electron chi connectivity index (χ3n) is 7.52. The van der Waals surface area contributed by atoms with E-state index in [4.69, 9.17) is 4.74 Å². The molecule has 0 bridgehead atoms. The highest BCUT2D eigenvalue weighted by Crippen LogP contribution is 2.43. The summed E-state index contributed by atoms with van der Waals surface area (Å²) in [5.74, 6) is 0.324. The lowest BCUT2D eigenvalue weighted by Gasteiger charge is -2.41. The van der Waals surface area contributed by atoms with Crippen LogP contribution in [-0.4, -0.2) is 66.9 Å². The van der Waals surface area contributed by atoms with E-state index in [-0.39, 0.29) is 17.6 Å². The van der Waals surface area contributed by atoms with Gasteiger partial charge in [0.2, 0.25) is 5.91 Å². The second kappa shape index (κ2) is 7.76. The number of aliphatic hydroxyl groups is 1.